The van der Waals surface area contributed by atoms with E-state index in [4.69, 9.17) is 9.47 Å². The average Bonchev–Trinajstić information content (AvgIpc) is 2.95. The summed E-state index contributed by atoms with van der Waals surface area (Å²) >= 11 is 3.81. The van der Waals surface area contributed by atoms with E-state index in [0.717, 1.165) is 23.6 Å². The van der Waals surface area contributed by atoms with Gasteiger partial charge in [-0.3, -0.25) is 0 Å². The van der Waals surface area contributed by atoms with E-state index in [1.165, 1.54) is 9.77 Å². The Kier molecular flexibility index (Phi) is 4.31. The first kappa shape index (κ1) is 14.6. The van der Waals surface area contributed by atoms with Crippen molar-refractivity contribution in [2.24, 2.45) is 0 Å². The van der Waals surface area contributed by atoms with Crippen LogP contribution in [0.2, 0.25) is 0 Å². The normalized spacial score (nSPS) is 20.7. The lowest BCUT2D eigenvalue weighted by Gasteiger charge is -2.28. The van der Waals surface area contributed by atoms with E-state index in [1.54, 1.807) is 14.2 Å². The minimum absolute atomic E-state index is 0.347. The van der Waals surface area contributed by atoms with Gasteiger partial charge in [0.05, 0.1) is 24.5 Å². The monoisotopic (exact) mass is 321 g/mol. The molecule has 0 radical (unpaired) electrons. The highest BCUT2D eigenvalue weighted by atomic mass is 32.2. The van der Waals surface area contributed by atoms with Crippen LogP contribution in [0.4, 0.5) is 5.69 Å². The van der Waals surface area contributed by atoms with Crippen molar-refractivity contribution in [1.29, 1.82) is 0 Å². The Morgan fingerprint density at radius 1 is 1.14 bits per heavy atom. The molecule has 0 amide bonds. The summed E-state index contributed by atoms with van der Waals surface area (Å²) in [7, 11) is 3.35. The van der Waals surface area contributed by atoms with Crippen molar-refractivity contribution in [2.75, 3.05) is 19.5 Å². The second-order valence-electron chi connectivity index (χ2n) is 5.13. The summed E-state index contributed by atoms with van der Waals surface area (Å²) in [4.78, 5) is 0. The molecule has 1 aromatic carbocycles. The van der Waals surface area contributed by atoms with Crippen molar-refractivity contribution < 1.29 is 9.47 Å². The summed E-state index contributed by atoms with van der Waals surface area (Å²) in [6, 6.07) is 8.50. The zero-order valence-corrected chi connectivity index (χ0v) is 14.0. The quantitative estimate of drug-likeness (QED) is 0.876. The van der Waals surface area contributed by atoms with Gasteiger partial charge < -0.3 is 14.8 Å². The predicted octanol–water partition coefficient (Wildman–Crippen LogP) is 4.80. The highest BCUT2D eigenvalue weighted by Crippen LogP contribution is 2.45. The molecule has 1 aliphatic heterocycles. The van der Waals surface area contributed by atoms with Gasteiger partial charge in [-0.05, 0) is 23.4 Å². The molecule has 5 heteroatoms. The Morgan fingerprint density at radius 3 is 2.52 bits per heavy atom. The number of benzene rings is 1. The molecule has 0 fully saturated rings. The third-order valence-corrected chi connectivity index (χ3v) is 5.95. The minimum Gasteiger partial charge on any atom is -0.497 e. The Labute approximate surface area is 133 Å². The van der Waals surface area contributed by atoms with Crippen molar-refractivity contribution in [3.05, 3.63) is 35.2 Å². The summed E-state index contributed by atoms with van der Waals surface area (Å²) < 4.78 is 12.1. The Morgan fingerprint density at radius 2 is 1.86 bits per heavy atom. The standard InChI is InChI=1S/C16H19NO2S2/c1-10-6-15(14-4-5-20-16(14)21-10)17-11-7-12(18-2)9-13(8-11)19-3/h4-5,7-10,15,17H,6H2,1-3H3/t10-,15?/m0/s1. The molecule has 3 rings (SSSR count). The van der Waals surface area contributed by atoms with Gasteiger partial charge in [-0.2, -0.15) is 0 Å². The summed E-state index contributed by atoms with van der Waals surface area (Å²) in [5.41, 5.74) is 2.44. The van der Waals surface area contributed by atoms with Crippen molar-refractivity contribution in [3.63, 3.8) is 0 Å². The van der Waals surface area contributed by atoms with Gasteiger partial charge in [0.15, 0.2) is 0 Å². The molecule has 0 saturated heterocycles. The van der Waals surface area contributed by atoms with E-state index in [1.807, 2.05) is 41.3 Å². The Bertz CT molecular complexity index is 604. The second-order valence-corrected chi connectivity index (χ2v) is 7.75. The van der Waals surface area contributed by atoms with E-state index in [-0.39, 0.29) is 0 Å². The first-order valence-corrected chi connectivity index (χ1v) is 8.69. The number of rotatable bonds is 4. The van der Waals surface area contributed by atoms with Gasteiger partial charge in [-0.25, -0.2) is 0 Å². The third kappa shape index (κ3) is 3.14. The smallest absolute Gasteiger partial charge is 0.124 e. The molecule has 2 heterocycles. The lowest BCUT2D eigenvalue weighted by molar-refractivity contribution is 0.394. The number of thiophene rings is 1. The Hall–Kier alpha value is -1.33. The third-order valence-electron chi connectivity index (χ3n) is 3.60. The molecule has 0 spiro atoms. The first-order chi connectivity index (χ1) is 10.2. The fourth-order valence-electron chi connectivity index (χ4n) is 2.58. The highest BCUT2D eigenvalue weighted by Gasteiger charge is 2.26. The summed E-state index contributed by atoms with van der Waals surface area (Å²) in [5, 5.41) is 6.44. The average molecular weight is 321 g/mol. The molecule has 21 heavy (non-hydrogen) atoms. The minimum atomic E-state index is 0.347. The molecule has 2 aromatic rings. The topological polar surface area (TPSA) is 30.5 Å². The van der Waals surface area contributed by atoms with E-state index in [2.05, 4.69) is 23.7 Å². The van der Waals surface area contributed by atoms with Crippen LogP contribution < -0.4 is 14.8 Å². The Balaban J connectivity index is 1.87. The van der Waals surface area contributed by atoms with Gasteiger partial charge >= 0.3 is 0 Å². The fraction of sp³-hybridized carbons (Fsp3) is 0.375. The predicted molar refractivity (Wildman–Crippen MR) is 90.2 cm³/mol. The van der Waals surface area contributed by atoms with Crippen molar-refractivity contribution in [1.82, 2.24) is 0 Å². The van der Waals surface area contributed by atoms with Crippen LogP contribution in [-0.2, 0) is 0 Å². The van der Waals surface area contributed by atoms with E-state index in [9.17, 15) is 0 Å². The maximum atomic E-state index is 5.34. The van der Waals surface area contributed by atoms with E-state index in [0.29, 0.717) is 11.3 Å². The van der Waals surface area contributed by atoms with Crippen molar-refractivity contribution in [2.45, 2.75) is 28.8 Å². The number of anilines is 1. The molecular weight excluding hydrogens is 302 g/mol. The van der Waals surface area contributed by atoms with Crippen molar-refractivity contribution in [3.8, 4) is 11.5 Å². The SMILES string of the molecule is COc1cc(NC2C[C@H](C)Sc3sccc32)cc(OC)c1. The molecule has 2 atom stereocenters. The summed E-state index contributed by atoms with van der Waals surface area (Å²) in [6.07, 6.45) is 1.12. The van der Waals surface area contributed by atoms with Crippen molar-refractivity contribution >= 4 is 28.8 Å². The summed E-state index contributed by atoms with van der Waals surface area (Å²) in [5.74, 6) is 1.61. The van der Waals surface area contributed by atoms with Gasteiger partial charge in [0, 0.05) is 29.1 Å². The van der Waals surface area contributed by atoms with Gasteiger partial charge in [-0.15, -0.1) is 23.1 Å². The molecule has 1 N–H and O–H groups in total. The number of fused-ring (bicyclic) bond motifs is 1. The van der Waals surface area contributed by atoms with Gasteiger partial charge in [0.2, 0.25) is 0 Å². The molecule has 1 unspecified atom stereocenters. The number of nitrogens with one attached hydrogen (secondary N) is 1. The van der Waals surface area contributed by atoms with E-state index < -0.39 is 0 Å². The molecule has 1 aliphatic rings. The number of hydrogen-bond acceptors (Lipinski definition) is 5. The van der Waals surface area contributed by atoms with Crippen LogP contribution in [0.25, 0.3) is 0 Å². The van der Waals surface area contributed by atoms with Crippen LogP contribution in [0.1, 0.15) is 24.9 Å². The van der Waals surface area contributed by atoms with Crippen LogP contribution in [-0.4, -0.2) is 19.5 Å². The second kappa shape index (κ2) is 6.20. The largest absolute Gasteiger partial charge is 0.497 e. The van der Waals surface area contributed by atoms with Gasteiger partial charge in [0.25, 0.3) is 0 Å². The van der Waals surface area contributed by atoms with Crippen LogP contribution >= 0.6 is 23.1 Å². The molecule has 0 bridgehead atoms. The lowest BCUT2D eigenvalue weighted by Crippen LogP contribution is -2.19. The van der Waals surface area contributed by atoms with E-state index >= 15 is 0 Å². The number of hydrogen-bond donors (Lipinski definition) is 1. The fourth-order valence-corrected chi connectivity index (χ4v) is 5.14. The number of methoxy groups -OCH3 is 2. The molecule has 0 saturated carbocycles. The summed E-state index contributed by atoms with van der Waals surface area (Å²) in [6.45, 7) is 2.29. The molecular formula is C16H19NO2S2. The first-order valence-electron chi connectivity index (χ1n) is 6.93. The molecule has 1 aromatic heterocycles. The van der Waals surface area contributed by atoms with Crippen LogP contribution in [0.5, 0.6) is 11.5 Å². The van der Waals surface area contributed by atoms with Crippen LogP contribution in [0.15, 0.2) is 33.9 Å². The van der Waals surface area contributed by atoms with Crippen LogP contribution in [0.3, 0.4) is 0 Å². The van der Waals surface area contributed by atoms with Gasteiger partial charge in [-0.1, -0.05) is 6.92 Å². The molecule has 0 aliphatic carbocycles. The highest BCUT2D eigenvalue weighted by molar-refractivity contribution is 8.01. The maximum Gasteiger partial charge on any atom is 0.124 e. The van der Waals surface area contributed by atoms with Gasteiger partial charge in [0.1, 0.15) is 11.5 Å². The molecule has 3 nitrogen and oxygen atoms in total. The lowest BCUT2D eigenvalue weighted by atomic mass is 10.0. The molecule has 112 valence electrons. The maximum absolute atomic E-state index is 5.34. The number of thioether (sulfide) groups is 1. The zero-order valence-electron chi connectivity index (χ0n) is 12.4. The number of ether oxygens (including phenoxy) is 2. The zero-order chi connectivity index (χ0) is 14.8. The van der Waals surface area contributed by atoms with Crippen LogP contribution in [0, 0.1) is 0 Å².